The van der Waals surface area contributed by atoms with E-state index in [1.165, 1.54) is 12.6 Å². The summed E-state index contributed by atoms with van der Waals surface area (Å²) < 4.78 is -0.181. The average Bonchev–Trinajstić information content (AvgIpc) is 1.96. The van der Waals surface area contributed by atoms with Crippen LogP contribution < -0.4 is 0 Å². The molecule has 1 heterocycles. The lowest BCUT2D eigenvalue weighted by Gasteiger charge is -2.47. The Kier molecular flexibility index (Phi) is 2.11. The van der Waals surface area contributed by atoms with Gasteiger partial charge in [0, 0.05) is 6.42 Å². The van der Waals surface area contributed by atoms with Crippen LogP contribution in [-0.2, 0) is 0 Å². The van der Waals surface area contributed by atoms with Crippen molar-refractivity contribution in [2.45, 2.75) is 32.2 Å². The van der Waals surface area contributed by atoms with Crippen LogP contribution in [-0.4, -0.2) is 17.2 Å². The van der Waals surface area contributed by atoms with Crippen molar-refractivity contribution in [3.05, 3.63) is 18.0 Å². The first-order valence-corrected chi connectivity index (χ1v) is 3.91. The monoisotopic (exact) mass is 141 g/mol. The molecule has 0 spiro atoms. The second-order valence-corrected chi connectivity index (χ2v) is 3.11. The molecule has 0 amide bonds. The van der Waals surface area contributed by atoms with Gasteiger partial charge in [0.05, 0.1) is 18.8 Å². The number of nitrogens with zero attached hydrogens (tertiary/aromatic N) is 1. The fraction of sp³-hybridized carbons (Fsp3) is 0.750. The molecule has 1 aliphatic heterocycles. The Morgan fingerprint density at radius 3 is 2.70 bits per heavy atom. The summed E-state index contributed by atoms with van der Waals surface area (Å²) in [5, 5.41) is 11.6. The second kappa shape index (κ2) is 2.72. The van der Waals surface area contributed by atoms with Crippen molar-refractivity contribution < 1.29 is 4.65 Å². The molecule has 1 rings (SSSR count). The van der Waals surface area contributed by atoms with Gasteiger partial charge in [-0.25, -0.2) is 0 Å². The van der Waals surface area contributed by atoms with Gasteiger partial charge in [-0.1, -0.05) is 0 Å². The summed E-state index contributed by atoms with van der Waals surface area (Å²) >= 11 is 0. The van der Waals surface area contributed by atoms with Gasteiger partial charge in [-0.05, 0) is 26.3 Å². The molecular formula is C8H15NO. The minimum absolute atomic E-state index is 0.181. The van der Waals surface area contributed by atoms with E-state index in [1.807, 2.05) is 6.92 Å². The molecular weight excluding hydrogens is 126 g/mol. The number of quaternary nitrogens is 1. The maximum Gasteiger partial charge on any atom is 0.0900 e. The molecule has 1 aliphatic rings. The zero-order chi connectivity index (χ0) is 7.61. The van der Waals surface area contributed by atoms with Crippen LogP contribution in [0.4, 0.5) is 0 Å². The van der Waals surface area contributed by atoms with Crippen LogP contribution in [0.1, 0.15) is 26.2 Å². The van der Waals surface area contributed by atoms with E-state index in [1.54, 1.807) is 0 Å². The molecule has 1 saturated heterocycles. The Balaban J connectivity index is 2.62. The Morgan fingerprint density at radius 2 is 2.30 bits per heavy atom. The number of likely N-dealkylation sites (tertiary alicyclic amines) is 1. The number of rotatable bonds is 1. The van der Waals surface area contributed by atoms with Gasteiger partial charge in [-0.2, -0.15) is 0 Å². The van der Waals surface area contributed by atoms with E-state index in [-0.39, 0.29) is 10.7 Å². The maximum atomic E-state index is 11.6. The van der Waals surface area contributed by atoms with Crippen LogP contribution in [0.2, 0.25) is 0 Å². The summed E-state index contributed by atoms with van der Waals surface area (Å²) in [6.45, 7) is 6.30. The smallest absolute Gasteiger partial charge is 0.0900 e. The molecule has 2 atom stereocenters. The summed E-state index contributed by atoms with van der Waals surface area (Å²) in [7, 11) is 0. The number of piperidine rings is 1. The van der Waals surface area contributed by atoms with Gasteiger partial charge in [0.2, 0.25) is 0 Å². The van der Waals surface area contributed by atoms with E-state index in [0.29, 0.717) is 0 Å². The van der Waals surface area contributed by atoms with Crippen molar-refractivity contribution in [1.82, 2.24) is 0 Å². The number of hydrogen-bond donors (Lipinski definition) is 0. The first kappa shape index (κ1) is 7.76. The highest BCUT2D eigenvalue weighted by molar-refractivity contribution is 4.68. The van der Waals surface area contributed by atoms with Crippen molar-refractivity contribution in [3.63, 3.8) is 0 Å². The highest BCUT2D eigenvalue weighted by Crippen LogP contribution is 2.24. The molecule has 0 saturated carbocycles. The van der Waals surface area contributed by atoms with Crippen molar-refractivity contribution in [2.24, 2.45) is 0 Å². The molecule has 2 unspecified atom stereocenters. The zero-order valence-electron chi connectivity index (χ0n) is 6.55. The highest BCUT2D eigenvalue weighted by Gasteiger charge is 2.25. The molecule has 2 heteroatoms. The van der Waals surface area contributed by atoms with Crippen molar-refractivity contribution in [2.75, 3.05) is 6.54 Å². The summed E-state index contributed by atoms with van der Waals surface area (Å²) in [4.78, 5) is 0. The van der Waals surface area contributed by atoms with E-state index in [0.717, 1.165) is 19.4 Å². The standard InChI is InChI=1S/C8H15NO/c1-3-9(10)7-5-4-6-8(9)2/h3,8H,1,4-7H2,2H3. The lowest BCUT2D eigenvalue weighted by molar-refractivity contribution is -0.859. The van der Waals surface area contributed by atoms with Crippen LogP contribution in [0.3, 0.4) is 0 Å². The van der Waals surface area contributed by atoms with E-state index < -0.39 is 0 Å². The molecule has 0 radical (unpaired) electrons. The normalized spacial score (nSPS) is 41.2. The molecule has 1 fully saturated rings. The maximum absolute atomic E-state index is 11.6. The van der Waals surface area contributed by atoms with Gasteiger partial charge in [-0.3, -0.25) is 0 Å². The summed E-state index contributed by atoms with van der Waals surface area (Å²) in [6.07, 6.45) is 4.84. The molecule has 0 N–H and O–H groups in total. The van der Waals surface area contributed by atoms with Crippen molar-refractivity contribution >= 4 is 0 Å². The van der Waals surface area contributed by atoms with Crippen molar-refractivity contribution in [3.8, 4) is 0 Å². The Morgan fingerprint density at radius 1 is 1.60 bits per heavy atom. The van der Waals surface area contributed by atoms with E-state index in [9.17, 15) is 5.21 Å². The fourth-order valence-corrected chi connectivity index (χ4v) is 1.51. The van der Waals surface area contributed by atoms with Gasteiger partial charge >= 0.3 is 0 Å². The van der Waals surface area contributed by atoms with Gasteiger partial charge in [0.25, 0.3) is 0 Å². The first-order valence-electron chi connectivity index (χ1n) is 3.91. The van der Waals surface area contributed by atoms with Crippen LogP contribution in [0.15, 0.2) is 12.8 Å². The second-order valence-electron chi connectivity index (χ2n) is 3.11. The molecule has 0 aromatic heterocycles. The minimum atomic E-state index is -0.181. The third-order valence-electron chi connectivity index (χ3n) is 2.43. The molecule has 0 aromatic rings. The Hall–Kier alpha value is -0.340. The summed E-state index contributed by atoms with van der Waals surface area (Å²) in [5.74, 6) is 0. The lowest BCUT2D eigenvalue weighted by Crippen LogP contribution is -2.47. The molecule has 0 aliphatic carbocycles. The number of hydrogen-bond acceptors (Lipinski definition) is 1. The minimum Gasteiger partial charge on any atom is -0.628 e. The topological polar surface area (TPSA) is 23.1 Å². The largest absolute Gasteiger partial charge is 0.628 e. The van der Waals surface area contributed by atoms with Crippen LogP contribution >= 0.6 is 0 Å². The fourth-order valence-electron chi connectivity index (χ4n) is 1.51. The van der Waals surface area contributed by atoms with Gasteiger partial charge in [0.15, 0.2) is 0 Å². The molecule has 0 aromatic carbocycles. The third-order valence-corrected chi connectivity index (χ3v) is 2.43. The van der Waals surface area contributed by atoms with E-state index >= 15 is 0 Å². The Labute approximate surface area is 62.3 Å². The Bertz CT molecular complexity index is 135. The van der Waals surface area contributed by atoms with Gasteiger partial charge < -0.3 is 9.85 Å². The molecule has 10 heavy (non-hydrogen) atoms. The summed E-state index contributed by atoms with van der Waals surface area (Å²) in [5.41, 5.74) is 0. The zero-order valence-corrected chi connectivity index (χ0v) is 6.55. The quantitative estimate of drug-likeness (QED) is 0.404. The predicted octanol–water partition coefficient (Wildman–Crippen LogP) is 2.02. The molecule has 58 valence electrons. The first-order chi connectivity index (χ1) is 4.69. The van der Waals surface area contributed by atoms with Crippen LogP contribution in [0.5, 0.6) is 0 Å². The average molecular weight is 141 g/mol. The summed E-state index contributed by atoms with van der Waals surface area (Å²) in [6, 6.07) is 0.228. The van der Waals surface area contributed by atoms with Crippen LogP contribution in [0.25, 0.3) is 0 Å². The highest BCUT2D eigenvalue weighted by atomic mass is 16.5. The number of hydroxylamine groups is 3. The molecule has 0 bridgehead atoms. The van der Waals surface area contributed by atoms with Gasteiger partial charge in [0.1, 0.15) is 0 Å². The lowest BCUT2D eigenvalue weighted by atomic mass is 10.0. The van der Waals surface area contributed by atoms with E-state index in [4.69, 9.17) is 0 Å². The van der Waals surface area contributed by atoms with E-state index in [2.05, 4.69) is 6.58 Å². The SMILES string of the molecule is C=C[N+]1([O-])CCCCC1C. The van der Waals surface area contributed by atoms with Crippen LogP contribution in [0, 0.1) is 5.21 Å². The molecule has 2 nitrogen and oxygen atoms in total. The third kappa shape index (κ3) is 1.22. The van der Waals surface area contributed by atoms with Gasteiger partial charge in [-0.15, -0.1) is 0 Å². The predicted molar refractivity (Wildman–Crippen MR) is 42.0 cm³/mol. The van der Waals surface area contributed by atoms with Crippen molar-refractivity contribution in [1.29, 1.82) is 0 Å².